The Morgan fingerprint density at radius 3 is 2.71 bits per heavy atom. The van der Waals surface area contributed by atoms with Gasteiger partial charge < -0.3 is 5.73 Å². The van der Waals surface area contributed by atoms with Crippen LogP contribution in [-0.4, -0.2) is 23.0 Å². The summed E-state index contributed by atoms with van der Waals surface area (Å²) < 4.78 is 1.23. The van der Waals surface area contributed by atoms with Crippen molar-refractivity contribution in [2.45, 2.75) is 26.3 Å². The third-order valence-corrected chi connectivity index (χ3v) is 6.02. The number of hydrogen-bond acceptors (Lipinski definition) is 3. The van der Waals surface area contributed by atoms with E-state index in [1.807, 2.05) is 11.3 Å². The van der Waals surface area contributed by atoms with Crippen LogP contribution in [0.5, 0.6) is 0 Å². The molecule has 0 saturated carbocycles. The molecule has 2 heterocycles. The van der Waals surface area contributed by atoms with Gasteiger partial charge in [0.2, 0.25) is 0 Å². The number of thiophene rings is 1. The fourth-order valence-corrected chi connectivity index (χ4v) is 3.82. The predicted molar refractivity (Wildman–Crippen MR) is 81.4 cm³/mol. The van der Waals surface area contributed by atoms with Crippen LogP contribution in [-0.2, 0) is 6.54 Å². The second-order valence-electron chi connectivity index (χ2n) is 4.89. The fraction of sp³-hybridized carbons (Fsp3) is 0.583. The second kappa shape index (κ2) is 5.34. The van der Waals surface area contributed by atoms with E-state index in [4.69, 9.17) is 18.0 Å². The zero-order chi connectivity index (χ0) is 12.5. The number of nitrogens with two attached hydrogens (primary N) is 1. The Morgan fingerprint density at radius 1 is 1.59 bits per heavy atom. The van der Waals surface area contributed by atoms with Crippen LogP contribution < -0.4 is 5.73 Å². The Balaban J connectivity index is 1.92. The van der Waals surface area contributed by atoms with Crippen molar-refractivity contribution in [1.82, 2.24) is 4.90 Å². The molecule has 0 atom stereocenters. The highest BCUT2D eigenvalue weighted by Gasteiger charge is 2.32. The normalized spacial score (nSPS) is 20.4. The topological polar surface area (TPSA) is 29.3 Å². The Labute approximate surface area is 120 Å². The number of halogens is 1. The molecule has 0 aliphatic carbocycles. The molecule has 0 radical (unpaired) electrons. The smallest absolute Gasteiger partial charge is 0.0788 e. The zero-order valence-electron chi connectivity index (χ0n) is 9.91. The summed E-state index contributed by atoms with van der Waals surface area (Å²) in [5, 5.41) is 2.13. The van der Waals surface area contributed by atoms with E-state index in [2.05, 4.69) is 39.2 Å². The van der Waals surface area contributed by atoms with E-state index >= 15 is 0 Å². The molecule has 2 nitrogen and oxygen atoms in total. The van der Waals surface area contributed by atoms with Gasteiger partial charge in [-0.25, -0.2) is 0 Å². The fourth-order valence-electron chi connectivity index (χ4n) is 2.09. The van der Waals surface area contributed by atoms with Gasteiger partial charge in [-0.3, -0.25) is 4.90 Å². The lowest BCUT2D eigenvalue weighted by atomic mass is 9.80. The standard InChI is InChI=1S/C12H17BrN2S2/c1-12(11(14)16)3-5-15(6-4-12)8-10-9(13)2-7-17-10/h2,7H,3-6,8H2,1H3,(H2,14,16). The highest BCUT2D eigenvalue weighted by molar-refractivity contribution is 9.10. The highest BCUT2D eigenvalue weighted by atomic mass is 79.9. The Hall–Kier alpha value is 0.0300. The molecule has 94 valence electrons. The minimum absolute atomic E-state index is 0.0680. The summed E-state index contributed by atoms with van der Waals surface area (Å²) in [4.78, 5) is 4.56. The maximum atomic E-state index is 5.81. The van der Waals surface area contributed by atoms with E-state index in [0.29, 0.717) is 4.99 Å². The molecule has 5 heteroatoms. The number of likely N-dealkylation sites (tertiary alicyclic amines) is 1. The Morgan fingerprint density at radius 2 is 2.24 bits per heavy atom. The summed E-state index contributed by atoms with van der Waals surface area (Å²) in [5.41, 5.74) is 5.88. The van der Waals surface area contributed by atoms with Gasteiger partial charge in [-0.2, -0.15) is 0 Å². The molecular weight excluding hydrogens is 316 g/mol. The van der Waals surface area contributed by atoms with Gasteiger partial charge in [0.05, 0.1) is 4.99 Å². The Kier molecular flexibility index (Phi) is 4.23. The van der Waals surface area contributed by atoms with Gasteiger partial charge in [-0.05, 0) is 53.3 Å². The van der Waals surface area contributed by atoms with Crippen molar-refractivity contribution in [1.29, 1.82) is 0 Å². The largest absolute Gasteiger partial charge is 0.393 e. The lowest BCUT2D eigenvalue weighted by molar-refractivity contribution is 0.159. The first-order valence-corrected chi connectivity index (χ1v) is 7.83. The number of rotatable bonds is 3. The van der Waals surface area contributed by atoms with Gasteiger partial charge in [0.15, 0.2) is 0 Å². The molecule has 1 aliphatic heterocycles. The summed E-state index contributed by atoms with van der Waals surface area (Å²) in [6.45, 7) is 5.38. The third-order valence-electron chi connectivity index (χ3n) is 3.61. The molecule has 0 spiro atoms. The molecule has 1 saturated heterocycles. The molecule has 1 fully saturated rings. The van der Waals surface area contributed by atoms with E-state index < -0.39 is 0 Å². The molecule has 17 heavy (non-hydrogen) atoms. The molecule has 2 rings (SSSR count). The molecule has 0 bridgehead atoms. The van der Waals surface area contributed by atoms with Gasteiger partial charge in [0.25, 0.3) is 0 Å². The molecule has 0 unspecified atom stereocenters. The van der Waals surface area contributed by atoms with Gasteiger partial charge in [-0.15, -0.1) is 11.3 Å². The second-order valence-corrected chi connectivity index (χ2v) is 7.19. The monoisotopic (exact) mass is 332 g/mol. The van der Waals surface area contributed by atoms with Gasteiger partial charge in [0, 0.05) is 21.3 Å². The van der Waals surface area contributed by atoms with Crippen LogP contribution in [0.1, 0.15) is 24.6 Å². The van der Waals surface area contributed by atoms with E-state index in [-0.39, 0.29) is 5.41 Å². The van der Waals surface area contributed by atoms with E-state index in [1.54, 1.807) is 0 Å². The van der Waals surface area contributed by atoms with Crippen LogP contribution in [0.25, 0.3) is 0 Å². The van der Waals surface area contributed by atoms with Crippen molar-refractivity contribution >= 4 is 44.5 Å². The van der Waals surface area contributed by atoms with Crippen LogP contribution in [0.2, 0.25) is 0 Å². The summed E-state index contributed by atoms with van der Waals surface area (Å²) in [6, 6.07) is 2.11. The number of thiocarbonyl (C=S) groups is 1. The predicted octanol–water partition coefficient (Wildman–Crippen LogP) is 3.40. The summed E-state index contributed by atoms with van der Waals surface area (Å²) in [6.07, 6.45) is 2.15. The third kappa shape index (κ3) is 3.08. The highest BCUT2D eigenvalue weighted by Crippen LogP contribution is 2.33. The minimum atomic E-state index is 0.0680. The van der Waals surface area contributed by atoms with Crippen LogP contribution in [0, 0.1) is 5.41 Å². The van der Waals surface area contributed by atoms with Gasteiger partial charge in [0.1, 0.15) is 0 Å². The number of nitrogens with zero attached hydrogens (tertiary/aromatic N) is 1. The molecule has 0 aromatic carbocycles. The zero-order valence-corrected chi connectivity index (χ0v) is 13.1. The van der Waals surface area contributed by atoms with Crippen molar-refractivity contribution in [2.24, 2.45) is 11.1 Å². The minimum Gasteiger partial charge on any atom is -0.393 e. The summed E-state index contributed by atoms with van der Waals surface area (Å²) in [5.74, 6) is 0. The first-order chi connectivity index (χ1) is 8.01. The van der Waals surface area contributed by atoms with E-state index in [1.165, 1.54) is 9.35 Å². The SMILES string of the molecule is CC1(C(N)=S)CCN(Cc2sccc2Br)CC1. The first kappa shape index (κ1) is 13.5. The first-order valence-electron chi connectivity index (χ1n) is 5.75. The molecule has 2 N–H and O–H groups in total. The quantitative estimate of drug-likeness (QED) is 0.860. The lowest BCUT2D eigenvalue weighted by Gasteiger charge is -2.38. The average Bonchev–Trinajstić information content (AvgIpc) is 2.68. The molecule has 1 aromatic rings. The maximum absolute atomic E-state index is 5.81. The van der Waals surface area contributed by atoms with E-state index in [0.717, 1.165) is 32.5 Å². The number of hydrogen-bond donors (Lipinski definition) is 1. The molecule has 1 aliphatic rings. The molecule has 0 amide bonds. The van der Waals surface area contributed by atoms with Crippen LogP contribution in [0.3, 0.4) is 0 Å². The molecule has 1 aromatic heterocycles. The van der Waals surface area contributed by atoms with Crippen LogP contribution in [0.4, 0.5) is 0 Å². The van der Waals surface area contributed by atoms with Crippen molar-refractivity contribution < 1.29 is 0 Å². The van der Waals surface area contributed by atoms with Crippen molar-refractivity contribution in [3.8, 4) is 0 Å². The van der Waals surface area contributed by atoms with E-state index in [9.17, 15) is 0 Å². The van der Waals surface area contributed by atoms with Gasteiger partial charge in [-0.1, -0.05) is 19.1 Å². The number of piperidine rings is 1. The molecular formula is C12H17BrN2S2. The van der Waals surface area contributed by atoms with Crippen LogP contribution >= 0.6 is 39.5 Å². The van der Waals surface area contributed by atoms with Crippen molar-refractivity contribution in [2.75, 3.05) is 13.1 Å². The summed E-state index contributed by atoms with van der Waals surface area (Å²) >= 11 is 10.6. The van der Waals surface area contributed by atoms with Crippen molar-refractivity contribution in [3.05, 3.63) is 20.8 Å². The lowest BCUT2D eigenvalue weighted by Crippen LogP contribution is -2.44. The maximum Gasteiger partial charge on any atom is 0.0788 e. The Bertz CT molecular complexity index is 408. The van der Waals surface area contributed by atoms with Crippen molar-refractivity contribution in [3.63, 3.8) is 0 Å². The summed E-state index contributed by atoms with van der Waals surface area (Å²) in [7, 11) is 0. The average molecular weight is 333 g/mol. The van der Waals surface area contributed by atoms with Crippen LogP contribution in [0.15, 0.2) is 15.9 Å². The van der Waals surface area contributed by atoms with Gasteiger partial charge >= 0.3 is 0 Å².